The number of carbonyl (C=O) groups excluding carboxylic acids is 1. The summed E-state index contributed by atoms with van der Waals surface area (Å²) in [5.74, 6) is 2.61. The molecule has 0 saturated heterocycles. The summed E-state index contributed by atoms with van der Waals surface area (Å²) in [7, 11) is 0. The zero-order valence-electron chi connectivity index (χ0n) is 22.2. The predicted octanol–water partition coefficient (Wildman–Crippen LogP) is 6.68. The van der Waals surface area contributed by atoms with E-state index in [1.54, 1.807) is 24.3 Å². The van der Waals surface area contributed by atoms with Gasteiger partial charge in [-0.15, -0.1) is 0 Å². The molecule has 6 nitrogen and oxygen atoms in total. The summed E-state index contributed by atoms with van der Waals surface area (Å²) in [5, 5.41) is 3.57. The van der Waals surface area contributed by atoms with E-state index in [9.17, 15) is 4.79 Å². The molecule has 1 heterocycles. The van der Waals surface area contributed by atoms with Gasteiger partial charge in [-0.3, -0.25) is 4.79 Å². The maximum Gasteiger partial charge on any atom is 0.257 e. The molecule has 0 fully saturated rings. The maximum atomic E-state index is 12.0. The quantitative estimate of drug-likeness (QED) is 0.183. The molecule has 0 saturated carbocycles. The SMILES string of the molecule is Cc1cccc(C)c1OCCCn1c(CCCCCNC(=O)COc2ccc(Cl)cc2)nc2ccccc21. The first kappa shape index (κ1) is 27.5. The Hall–Kier alpha value is -3.51. The molecule has 38 heavy (non-hydrogen) atoms. The molecule has 0 aliphatic heterocycles. The highest BCUT2D eigenvalue weighted by molar-refractivity contribution is 6.30. The van der Waals surface area contributed by atoms with Gasteiger partial charge >= 0.3 is 0 Å². The van der Waals surface area contributed by atoms with Crippen LogP contribution in [0.4, 0.5) is 0 Å². The number of imidazole rings is 1. The molecule has 1 amide bonds. The van der Waals surface area contributed by atoms with Gasteiger partial charge in [-0.2, -0.15) is 0 Å². The molecule has 0 aliphatic carbocycles. The highest BCUT2D eigenvalue weighted by Crippen LogP contribution is 2.23. The maximum absolute atomic E-state index is 12.0. The number of aryl methyl sites for hydroxylation is 4. The molecular formula is C31H36ClN3O3. The van der Waals surface area contributed by atoms with Crippen molar-refractivity contribution in [3.05, 3.63) is 88.7 Å². The molecule has 4 rings (SSSR count). The lowest BCUT2D eigenvalue weighted by Crippen LogP contribution is -2.29. The molecule has 0 aliphatic rings. The molecule has 7 heteroatoms. The first-order valence-corrected chi connectivity index (χ1v) is 13.7. The van der Waals surface area contributed by atoms with Crippen molar-refractivity contribution in [1.82, 2.24) is 14.9 Å². The van der Waals surface area contributed by atoms with Crippen molar-refractivity contribution in [3.63, 3.8) is 0 Å². The molecule has 3 aromatic carbocycles. The van der Waals surface area contributed by atoms with Crippen LogP contribution in [0.2, 0.25) is 5.02 Å². The summed E-state index contributed by atoms with van der Waals surface area (Å²) in [6, 6.07) is 21.5. The number of carbonyl (C=O) groups is 1. The normalized spacial score (nSPS) is 11.0. The minimum Gasteiger partial charge on any atom is -0.493 e. The average molecular weight is 534 g/mol. The summed E-state index contributed by atoms with van der Waals surface area (Å²) in [5.41, 5.74) is 4.54. The molecular weight excluding hydrogens is 498 g/mol. The zero-order chi connectivity index (χ0) is 26.7. The number of halogens is 1. The first-order chi connectivity index (χ1) is 18.5. The Morgan fingerprint density at radius 2 is 1.66 bits per heavy atom. The first-order valence-electron chi connectivity index (χ1n) is 13.3. The largest absolute Gasteiger partial charge is 0.493 e. The number of unbranched alkanes of at least 4 members (excludes halogenated alkanes) is 2. The van der Waals surface area contributed by atoms with Crippen LogP contribution in [0.3, 0.4) is 0 Å². The number of hydrogen-bond donors (Lipinski definition) is 1. The van der Waals surface area contributed by atoms with Crippen molar-refractivity contribution in [1.29, 1.82) is 0 Å². The fourth-order valence-electron chi connectivity index (χ4n) is 4.53. The van der Waals surface area contributed by atoms with Gasteiger partial charge < -0.3 is 19.4 Å². The number of aromatic nitrogens is 2. The van der Waals surface area contributed by atoms with Gasteiger partial charge in [0.05, 0.1) is 17.6 Å². The summed E-state index contributed by atoms with van der Waals surface area (Å²) in [4.78, 5) is 17.0. The highest BCUT2D eigenvalue weighted by Gasteiger charge is 2.11. The monoisotopic (exact) mass is 533 g/mol. The third kappa shape index (κ3) is 7.75. The Kier molecular flexibility index (Phi) is 10.0. The van der Waals surface area contributed by atoms with Crippen LogP contribution in [-0.2, 0) is 17.8 Å². The van der Waals surface area contributed by atoms with Crippen molar-refractivity contribution in [2.75, 3.05) is 19.8 Å². The molecule has 4 aromatic rings. The van der Waals surface area contributed by atoms with Crippen molar-refractivity contribution in [2.45, 2.75) is 52.5 Å². The van der Waals surface area contributed by atoms with E-state index in [4.69, 9.17) is 26.1 Å². The average Bonchev–Trinajstić information content (AvgIpc) is 3.27. The molecule has 1 aromatic heterocycles. The van der Waals surface area contributed by atoms with E-state index in [0.29, 0.717) is 23.9 Å². The Morgan fingerprint density at radius 1 is 0.895 bits per heavy atom. The number of rotatable bonds is 14. The number of amides is 1. The minimum absolute atomic E-state index is 0.00121. The van der Waals surface area contributed by atoms with E-state index in [1.165, 1.54) is 16.6 Å². The second kappa shape index (κ2) is 13.9. The Labute approximate surface area is 229 Å². The van der Waals surface area contributed by atoms with Gasteiger partial charge in [0.1, 0.15) is 17.3 Å². The molecule has 1 N–H and O–H groups in total. The third-order valence-electron chi connectivity index (χ3n) is 6.50. The Balaban J connectivity index is 1.20. The van der Waals surface area contributed by atoms with Crippen molar-refractivity contribution >= 4 is 28.5 Å². The summed E-state index contributed by atoms with van der Waals surface area (Å²) in [6.07, 6.45) is 4.75. The van der Waals surface area contributed by atoms with Gasteiger partial charge in [-0.05, 0) is 80.6 Å². The molecule has 0 radical (unpaired) electrons. The van der Waals surface area contributed by atoms with Crippen LogP contribution in [0.25, 0.3) is 11.0 Å². The lowest BCUT2D eigenvalue weighted by atomic mass is 10.1. The van der Waals surface area contributed by atoms with Gasteiger partial charge in [-0.25, -0.2) is 4.98 Å². The molecule has 0 atom stereocenters. The summed E-state index contributed by atoms with van der Waals surface area (Å²) >= 11 is 5.87. The van der Waals surface area contributed by atoms with Gasteiger partial charge in [0, 0.05) is 24.5 Å². The molecule has 0 spiro atoms. The number of para-hydroxylation sites is 3. The Morgan fingerprint density at radius 3 is 2.45 bits per heavy atom. The van der Waals surface area contributed by atoms with Crippen molar-refractivity contribution in [3.8, 4) is 11.5 Å². The van der Waals surface area contributed by atoms with Gasteiger partial charge in [0.2, 0.25) is 0 Å². The van der Waals surface area contributed by atoms with E-state index >= 15 is 0 Å². The van der Waals surface area contributed by atoms with Crippen LogP contribution in [0, 0.1) is 13.8 Å². The molecule has 0 bridgehead atoms. The van der Waals surface area contributed by atoms with E-state index in [2.05, 4.69) is 60.1 Å². The zero-order valence-corrected chi connectivity index (χ0v) is 23.0. The van der Waals surface area contributed by atoms with E-state index in [-0.39, 0.29) is 12.5 Å². The van der Waals surface area contributed by atoms with Crippen LogP contribution in [0.5, 0.6) is 11.5 Å². The number of hydrogen-bond acceptors (Lipinski definition) is 4. The standard InChI is InChI=1S/C31H36ClN3O3/c1-23-10-8-11-24(2)31(23)37-21-9-20-35-28-13-6-5-12-27(28)34-29(35)14-4-3-7-19-33-30(36)22-38-26-17-15-25(32)16-18-26/h5-6,8,10-13,15-18H,3-4,7,9,14,19-22H2,1-2H3,(H,33,36). The topological polar surface area (TPSA) is 65.4 Å². The van der Waals surface area contributed by atoms with E-state index in [0.717, 1.165) is 55.7 Å². The van der Waals surface area contributed by atoms with Crippen LogP contribution in [0.15, 0.2) is 66.7 Å². The summed E-state index contributed by atoms with van der Waals surface area (Å²) < 4.78 is 13.9. The minimum atomic E-state index is -0.121. The fraction of sp³-hybridized carbons (Fsp3) is 0.355. The van der Waals surface area contributed by atoms with Crippen LogP contribution in [-0.4, -0.2) is 35.2 Å². The van der Waals surface area contributed by atoms with Crippen LogP contribution in [0.1, 0.15) is 42.6 Å². The molecule has 0 unspecified atom stereocenters. The van der Waals surface area contributed by atoms with Crippen molar-refractivity contribution < 1.29 is 14.3 Å². The van der Waals surface area contributed by atoms with Gasteiger partial charge in [-0.1, -0.05) is 48.4 Å². The number of nitrogens with one attached hydrogen (secondary N) is 1. The van der Waals surface area contributed by atoms with Crippen LogP contribution < -0.4 is 14.8 Å². The third-order valence-corrected chi connectivity index (χ3v) is 6.75. The molecule has 200 valence electrons. The van der Waals surface area contributed by atoms with Crippen LogP contribution >= 0.6 is 11.6 Å². The predicted molar refractivity (Wildman–Crippen MR) is 153 cm³/mol. The smallest absolute Gasteiger partial charge is 0.257 e. The lowest BCUT2D eigenvalue weighted by Gasteiger charge is -2.13. The fourth-order valence-corrected chi connectivity index (χ4v) is 4.66. The lowest BCUT2D eigenvalue weighted by molar-refractivity contribution is -0.123. The Bertz CT molecular complexity index is 1310. The number of fused-ring (bicyclic) bond motifs is 1. The van der Waals surface area contributed by atoms with Gasteiger partial charge in [0.15, 0.2) is 6.61 Å². The van der Waals surface area contributed by atoms with E-state index in [1.807, 2.05) is 6.07 Å². The van der Waals surface area contributed by atoms with Crippen molar-refractivity contribution in [2.24, 2.45) is 0 Å². The number of benzene rings is 3. The van der Waals surface area contributed by atoms with E-state index < -0.39 is 0 Å². The highest BCUT2D eigenvalue weighted by atomic mass is 35.5. The second-order valence-corrected chi connectivity index (χ2v) is 9.93. The number of ether oxygens (including phenoxy) is 2. The second-order valence-electron chi connectivity index (χ2n) is 9.49. The summed E-state index contributed by atoms with van der Waals surface area (Å²) in [6.45, 7) is 6.34. The van der Waals surface area contributed by atoms with Gasteiger partial charge in [0.25, 0.3) is 5.91 Å². The number of nitrogens with zero attached hydrogens (tertiary/aromatic N) is 2.